The average Bonchev–Trinajstić information content (AvgIpc) is 3.28. The molecule has 1 aromatic carbocycles. The third kappa shape index (κ3) is 4.62. The molecule has 3 rings (SSSR count). The zero-order chi connectivity index (χ0) is 19.6. The normalized spacial score (nSPS) is 25.4. The van der Waals surface area contributed by atoms with Crippen molar-refractivity contribution in [1.82, 2.24) is 10.2 Å². The molecule has 3 atom stereocenters. The number of ether oxygens (including phenoxy) is 1. The van der Waals surface area contributed by atoms with Gasteiger partial charge in [-0.3, -0.25) is 10.1 Å². The van der Waals surface area contributed by atoms with Crippen LogP contribution < -0.4 is 10.1 Å². The number of hydrogen-bond acceptors (Lipinski definition) is 6. The molecule has 1 amide bonds. The Morgan fingerprint density at radius 2 is 2.19 bits per heavy atom. The van der Waals surface area contributed by atoms with E-state index in [2.05, 4.69) is 27.3 Å². The minimum absolute atomic E-state index is 0.00687. The molecule has 0 saturated carbocycles. The molecule has 7 nitrogen and oxygen atoms in total. The summed E-state index contributed by atoms with van der Waals surface area (Å²) >= 11 is 3.24. The lowest BCUT2D eigenvalue weighted by atomic mass is 10.1. The quantitative estimate of drug-likeness (QED) is 0.727. The molecular weight excluding hydrogens is 434 g/mol. The van der Waals surface area contributed by atoms with Gasteiger partial charge >= 0.3 is 0 Å². The number of hydrogen-bond donors (Lipinski definition) is 1. The van der Waals surface area contributed by atoms with Crippen LogP contribution >= 0.6 is 15.9 Å². The van der Waals surface area contributed by atoms with Gasteiger partial charge in [0.1, 0.15) is 18.4 Å². The van der Waals surface area contributed by atoms with Gasteiger partial charge in [0, 0.05) is 23.3 Å². The van der Waals surface area contributed by atoms with Crippen LogP contribution in [0.2, 0.25) is 0 Å². The highest BCUT2D eigenvalue weighted by Gasteiger charge is 2.36. The first-order valence-electron chi connectivity index (χ1n) is 8.88. The highest BCUT2D eigenvalue weighted by atomic mass is 79.9. The lowest BCUT2D eigenvalue weighted by molar-refractivity contribution is -0.133. The van der Waals surface area contributed by atoms with Crippen molar-refractivity contribution in [3.05, 3.63) is 22.7 Å². The van der Waals surface area contributed by atoms with Crippen LogP contribution in [0.5, 0.6) is 5.75 Å². The van der Waals surface area contributed by atoms with Crippen LogP contribution in [-0.2, 0) is 14.6 Å². The molecular formula is C18H22BrN3O4S. The molecule has 9 heteroatoms. The largest absolute Gasteiger partial charge is 0.492 e. The van der Waals surface area contributed by atoms with Crippen LogP contribution in [0.3, 0.4) is 0 Å². The van der Waals surface area contributed by atoms with Crippen LogP contribution in [0.15, 0.2) is 27.6 Å². The van der Waals surface area contributed by atoms with Crippen molar-refractivity contribution in [2.45, 2.75) is 48.7 Å². The van der Waals surface area contributed by atoms with Crippen LogP contribution in [0.1, 0.15) is 25.7 Å². The topological polar surface area (TPSA) is 99.5 Å². The predicted octanol–water partition coefficient (Wildman–Crippen LogP) is 1.87. The molecule has 27 heavy (non-hydrogen) atoms. The number of benzene rings is 1. The van der Waals surface area contributed by atoms with Crippen LogP contribution in [-0.4, -0.2) is 56.8 Å². The van der Waals surface area contributed by atoms with E-state index in [4.69, 9.17) is 10.00 Å². The fourth-order valence-corrected chi connectivity index (χ4v) is 5.45. The van der Waals surface area contributed by atoms with Crippen LogP contribution in [0, 0.1) is 11.3 Å². The number of nitrogens with one attached hydrogen (secondary N) is 1. The van der Waals surface area contributed by atoms with Crippen molar-refractivity contribution in [2.75, 3.05) is 19.4 Å². The number of halogens is 1. The summed E-state index contributed by atoms with van der Waals surface area (Å²) in [6, 6.07) is 6.46. The van der Waals surface area contributed by atoms with E-state index >= 15 is 0 Å². The van der Waals surface area contributed by atoms with E-state index in [-0.39, 0.29) is 28.9 Å². The van der Waals surface area contributed by atoms with E-state index in [1.54, 1.807) is 17.0 Å². The minimum atomic E-state index is -3.35. The molecule has 1 N–H and O–H groups in total. The molecule has 1 aromatic rings. The first kappa shape index (κ1) is 20.1. The van der Waals surface area contributed by atoms with Gasteiger partial charge in [-0.25, -0.2) is 8.42 Å². The van der Waals surface area contributed by atoms with E-state index in [1.165, 1.54) is 6.07 Å². The summed E-state index contributed by atoms with van der Waals surface area (Å²) in [4.78, 5) is 14.5. The van der Waals surface area contributed by atoms with Gasteiger partial charge in [0.15, 0.2) is 9.84 Å². The molecule has 2 fully saturated rings. The van der Waals surface area contributed by atoms with E-state index < -0.39 is 9.84 Å². The van der Waals surface area contributed by atoms with Crippen molar-refractivity contribution < 1.29 is 17.9 Å². The van der Waals surface area contributed by atoms with E-state index in [1.807, 2.05) is 0 Å². The Balaban J connectivity index is 1.57. The average molecular weight is 456 g/mol. The number of rotatable bonds is 5. The number of carbonyl (C=O) groups excluding carboxylic acids is 1. The zero-order valence-electron chi connectivity index (χ0n) is 15.0. The minimum Gasteiger partial charge on any atom is -0.492 e. The van der Waals surface area contributed by atoms with Crippen molar-refractivity contribution >= 4 is 31.7 Å². The predicted molar refractivity (Wildman–Crippen MR) is 103 cm³/mol. The third-order valence-electron chi connectivity index (χ3n) is 4.98. The van der Waals surface area contributed by atoms with Gasteiger partial charge in [0.25, 0.3) is 0 Å². The first-order valence-corrected chi connectivity index (χ1v) is 11.6. The van der Waals surface area contributed by atoms with Gasteiger partial charge in [-0.1, -0.05) is 0 Å². The second kappa shape index (κ2) is 8.17. The molecule has 2 heterocycles. The summed E-state index contributed by atoms with van der Waals surface area (Å²) in [6.45, 7) is 0.986. The monoisotopic (exact) mass is 455 g/mol. The summed E-state index contributed by atoms with van der Waals surface area (Å²) in [6.07, 6.45) is 4.26. The molecule has 146 valence electrons. The Bertz CT molecular complexity index is 868. The molecule has 2 aliphatic rings. The number of likely N-dealkylation sites (tertiary alicyclic amines) is 1. The summed E-state index contributed by atoms with van der Waals surface area (Å²) < 4.78 is 29.8. The number of nitrogens with zero attached hydrogens (tertiary/aromatic N) is 2. The highest BCUT2D eigenvalue weighted by Crippen LogP contribution is 2.27. The lowest BCUT2D eigenvalue weighted by Gasteiger charge is -2.24. The van der Waals surface area contributed by atoms with Crippen molar-refractivity contribution in [3.8, 4) is 11.8 Å². The third-order valence-corrected chi connectivity index (χ3v) is 7.07. The standard InChI is InChI=1S/C18H22BrN3O4S/c1-27(24,25)17-9-14(5-6-15(17)19)26-11-12-4-7-16(21-12)18(23)22-8-2-3-13(22)10-20/h5-6,9,12-13,16,21H,2-4,7-8,11H2,1H3/t12-,13+,16+/m1/s1. The molecule has 0 radical (unpaired) electrons. The number of nitriles is 1. The molecule has 0 unspecified atom stereocenters. The lowest BCUT2D eigenvalue weighted by Crippen LogP contribution is -2.47. The van der Waals surface area contributed by atoms with Crippen molar-refractivity contribution in [1.29, 1.82) is 5.26 Å². The summed E-state index contributed by atoms with van der Waals surface area (Å²) in [5, 5.41) is 12.4. The van der Waals surface area contributed by atoms with Crippen molar-refractivity contribution in [3.63, 3.8) is 0 Å². The highest BCUT2D eigenvalue weighted by molar-refractivity contribution is 9.10. The Morgan fingerprint density at radius 1 is 1.41 bits per heavy atom. The molecule has 2 saturated heterocycles. The second-order valence-corrected chi connectivity index (χ2v) is 9.83. The van der Waals surface area contributed by atoms with Crippen LogP contribution in [0.25, 0.3) is 0 Å². The van der Waals surface area contributed by atoms with Crippen LogP contribution in [0.4, 0.5) is 0 Å². The maximum atomic E-state index is 12.6. The Kier molecular flexibility index (Phi) is 6.08. The number of amides is 1. The molecule has 0 bridgehead atoms. The Hall–Kier alpha value is -1.63. The summed E-state index contributed by atoms with van der Waals surface area (Å²) in [5.41, 5.74) is 0. The zero-order valence-corrected chi connectivity index (χ0v) is 17.4. The summed E-state index contributed by atoms with van der Waals surface area (Å²) in [5.74, 6) is 0.462. The number of carbonyl (C=O) groups is 1. The van der Waals surface area contributed by atoms with Gasteiger partial charge in [-0.15, -0.1) is 0 Å². The van der Waals surface area contributed by atoms with Crippen molar-refractivity contribution in [2.24, 2.45) is 0 Å². The summed E-state index contributed by atoms with van der Waals surface area (Å²) in [7, 11) is -3.35. The molecule has 0 spiro atoms. The second-order valence-electron chi connectivity index (χ2n) is 6.99. The first-order chi connectivity index (χ1) is 12.8. The van der Waals surface area contributed by atoms with Gasteiger partial charge in [0.2, 0.25) is 5.91 Å². The molecule has 2 aliphatic heterocycles. The van der Waals surface area contributed by atoms with Gasteiger partial charge in [0.05, 0.1) is 17.0 Å². The SMILES string of the molecule is CS(=O)(=O)c1cc(OC[C@H]2CC[C@@H](C(=O)N3CCC[C@H]3C#N)N2)ccc1Br. The molecule has 0 aromatic heterocycles. The van der Waals surface area contributed by atoms with Gasteiger partial charge in [-0.2, -0.15) is 5.26 Å². The van der Waals surface area contributed by atoms with E-state index in [0.29, 0.717) is 29.8 Å². The van der Waals surface area contributed by atoms with E-state index in [9.17, 15) is 13.2 Å². The maximum Gasteiger partial charge on any atom is 0.240 e. The van der Waals surface area contributed by atoms with E-state index in [0.717, 1.165) is 25.5 Å². The fraction of sp³-hybridized carbons (Fsp3) is 0.556. The molecule has 0 aliphatic carbocycles. The Labute approximate surface area is 167 Å². The Morgan fingerprint density at radius 3 is 2.89 bits per heavy atom. The van der Waals surface area contributed by atoms with Gasteiger partial charge < -0.3 is 9.64 Å². The fourth-order valence-electron chi connectivity index (χ4n) is 3.56. The number of sulfone groups is 1. The smallest absolute Gasteiger partial charge is 0.240 e. The van der Waals surface area contributed by atoms with Gasteiger partial charge in [-0.05, 0) is 59.8 Å². The maximum absolute atomic E-state index is 12.6.